The molecule has 280 valence electrons. The second-order valence-corrected chi connectivity index (χ2v) is 14.2. The molecule has 6 N–H and O–H groups in total. The van der Waals surface area contributed by atoms with Gasteiger partial charge in [0.05, 0.1) is 9.79 Å². The van der Waals surface area contributed by atoms with Crippen molar-refractivity contribution >= 4 is 90.8 Å². The Kier molecular flexibility index (Phi) is 17.4. The molecule has 0 radical (unpaired) electrons. The van der Waals surface area contributed by atoms with Crippen molar-refractivity contribution in [2.24, 2.45) is 0 Å². The number of aliphatic hydroxyl groups is 4. The van der Waals surface area contributed by atoms with E-state index in [2.05, 4.69) is 40.5 Å². The number of hydrogen-bond donors (Lipinski definition) is 6. The number of nitrogens with zero attached hydrogens (tertiary/aromatic N) is 8. The van der Waals surface area contributed by atoms with Crippen molar-refractivity contribution in [3.8, 4) is 0 Å². The van der Waals surface area contributed by atoms with E-state index < -0.39 is 54.9 Å². The van der Waals surface area contributed by atoms with Crippen molar-refractivity contribution in [2.45, 2.75) is 62.4 Å². The number of halogens is 2. The number of aromatic nitrogens is 6. The van der Waals surface area contributed by atoms with Crippen LogP contribution in [0.25, 0.3) is 12.2 Å². The molecule has 2 heterocycles. The van der Waals surface area contributed by atoms with Gasteiger partial charge in [-0.05, 0) is 86.3 Å². The van der Waals surface area contributed by atoms with E-state index in [1.165, 1.54) is 52.0 Å². The SMILES string of the molecule is CC(O)N(c1nc(Cl)nc(Nc2ccc(C=Cc3ccc(Nc4nc(Cl)nc(N(C(C)O)C(C)O)n4)cc3S(=O)(=O)[O-])c(S(=O)(=O)[O-])c2)n1)C(C)O.[Na+].[Na+]. The summed E-state index contributed by atoms with van der Waals surface area (Å²) in [7, 11) is -10.3. The third-order valence-corrected chi connectivity index (χ3v) is 8.91. The van der Waals surface area contributed by atoms with Gasteiger partial charge in [-0.25, -0.2) is 16.8 Å². The number of rotatable bonds is 14. The van der Waals surface area contributed by atoms with Crippen LogP contribution in [0.4, 0.5) is 35.2 Å². The monoisotopic (exact) mass is 846 g/mol. The van der Waals surface area contributed by atoms with Gasteiger partial charge in [0.25, 0.3) is 0 Å². The Morgan fingerprint density at radius 1 is 0.611 bits per heavy atom. The molecule has 0 aliphatic rings. The third-order valence-electron chi connectivity index (χ3n) is 6.79. The molecule has 0 amide bonds. The fourth-order valence-electron chi connectivity index (χ4n) is 4.69. The van der Waals surface area contributed by atoms with Crippen LogP contribution in [0.1, 0.15) is 38.8 Å². The van der Waals surface area contributed by atoms with Crippen LogP contribution >= 0.6 is 23.2 Å². The molecule has 4 atom stereocenters. The van der Waals surface area contributed by atoms with E-state index in [0.717, 1.165) is 34.1 Å². The van der Waals surface area contributed by atoms with Crippen LogP contribution in [0.5, 0.6) is 0 Å². The maximum Gasteiger partial charge on any atom is 1.00 e. The summed E-state index contributed by atoms with van der Waals surface area (Å²) in [6.45, 7) is 5.36. The van der Waals surface area contributed by atoms with E-state index >= 15 is 0 Å². The Bertz CT molecular complexity index is 2040. The van der Waals surface area contributed by atoms with Gasteiger partial charge >= 0.3 is 59.1 Å². The van der Waals surface area contributed by atoms with E-state index in [-0.39, 0.29) is 116 Å². The quantitative estimate of drug-likeness (QED) is 0.0303. The molecule has 0 saturated carbocycles. The van der Waals surface area contributed by atoms with Gasteiger partial charge in [0.2, 0.25) is 34.4 Å². The molecule has 0 spiro atoms. The molecular weight excluding hydrogens is 817 g/mol. The molecule has 0 saturated heterocycles. The second kappa shape index (κ2) is 19.7. The Balaban J connectivity index is 0.00000504. The van der Waals surface area contributed by atoms with Crippen LogP contribution < -0.4 is 79.5 Å². The summed E-state index contributed by atoms with van der Waals surface area (Å²) >= 11 is 12.0. The first kappa shape index (κ1) is 47.8. The Labute approximate surface area is 363 Å². The number of nitrogens with one attached hydrogen (secondary N) is 2. The molecule has 0 aliphatic carbocycles. The third kappa shape index (κ3) is 12.6. The molecule has 4 aromatic rings. The van der Waals surface area contributed by atoms with E-state index in [4.69, 9.17) is 23.2 Å². The standard InChI is InChI=1S/C28H32Cl2N10O10S2.2Na/c1-13(41)39(14(2)42)27-35-23(29)33-25(37-27)31-19-9-7-17(21(11-19)51(45,46)47)5-6-18-8-10-20(12-22(18)52(48,49)50)32-26-34-24(30)36-28(38-26)40(15(3)43)16(4)44;;/h5-16,41-44H,1-4H3,(H,45,46,47)(H,48,49,50)(H,31,33,35,37)(H,32,34,36,38);;/q;2*+1/p-2. The van der Waals surface area contributed by atoms with Crippen molar-refractivity contribution in [2.75, 3.05) is 20.4 Å². The molecule has 0 fully saturated rings. The molecule has 2 aromatic carbocycles. The molecule has 2 aromatic heterocycles. The molecule has 20 nitrogen and oxygen atoms in total. The normalized spacial score (nSPS) is 13.9. The summed E-state index contributed by atoms with van der Waals surface area (Å²) < 4.78 is 73.6. The topological polar surface area (TPSA) is 303 Å². The minimum atomic E-state index is -5.16. The van der Waals surface area contributed by atoms with Crippen LogP contribution in [-0.4, -0.2) is 101 Å². The fraction of sp³-hybridized carbons (Fsp3) is 0.286. The smallest absolute Gasteiger partial charge is 0.744 e. The summed E-state index contributed by atoms with van der Waals surface area (Å²) in [5, 5.41) is 44.7. The van der Waals surface area contributed by atoms with E-state index in [0.29, 0.717) is 0 Å². The van der Waals surface area contributed by atoms with Gasteiger partial charge in [-0.2, -0.15) is 29.9 Å². The zero-order chi connectivity index (χ0) is 38.7. The predicted octanol–water partition coefficient (Wildman–Crippen LogP) is -4.20. The first-order chi connectivity index (χ1) is 24.1. The van der Waals surface area contributed by atoms with Crippen LogP contribution in [0.15, 0.2) is 46.2 Å². The van der Waals surface area contributed by atoms with Crippen molar-refractivity contribution in [3.63, 3.8) is 0 Å². The summed E-state index contributed by atoms with van der Waals surface area (Å²) in [4.78, 5) is 24.2. The van der Waals surface area contributed by atoms with E-state index in [9.17, 15) is 46.4 Å². The molecule has 0 aliphatic heterocycles. The Morgan fingerprint density at radius 3 is 1.20 bits per heavy atom. The molecule has 54 heavy (non-hydrogen) atoms. The zero-order valence-corrected chi connectivity index (χ0v) is 36.5. The average Bonchev–Trinajstić information content (AvgIpc) is 2.98. The van der Waals surface area contributed by atoms with Gasteiger partial charge in [-0.1, -0.05) is 24.3 Å². The van der Waals surface area contributed by atoms with Crippen LogP contribution in [0.3, 0.4) is 0 Å². The second-order valence-electron chi connectivity index (χ2n) is 10.8. The van der Waals surface area contributed by atoms with Crippen LogP contribution in [0.2, 0.25) is 10.6 Å². The van der Waals surface area contributed by atoms with Crippen LogP contribution in [-0.2, 0) is 20.2 Å². The van der Waals surface area contributed by atoms with Gasteiger partial charge < -0.3 is 40.2 Å². The Hall–Kier alpha value is -2.36. The number of aliphatic hydroxyl groups excluding tert-OH is 4. The van der Waals surface area contributed by atoms with Crippen molar-refractivity contribution in [3.05, 3.63) is 58.1 Å². The van der Waals surface area contributed by atoms with Crippen LogP contribution in [0, 0.1) is 0 Å². The molecule has 4 unspecified atom stereocenters. The molecule has 0 bridgehead atoms. The first-order valence-electron chi connectivity index (χ1n) is 14.7. The summed E-state index contributed by atoms with van der Waals surface area (Å²) in [5.41, 5.74) is -0.390. The minimum Gasteiger partial charge on any atom is -0.744 e. The largest absolute Gasteiger partial charge is 1.00 e. The van der Waals surface area contributed by atoms with Gasteiger partial charge in [-0.3, -0.25) is 9.80 Å². The number of benzene rings is 2. The van der Waals surface area contributed by atoms with Crippen molar-refractivity contribution in [1.29, 1.82) is 0 Å². The average molecular weight is 848 g/mol. The molecular formula is C28H30Cl2N10Na2O10S2. The predicted molar refractivity (Wildman–Crippen MR) is 186 cm³/mol. The number of hydrogen-bond acceptors (Lipinski definition) is 20. The van der Waals surface area contributed by atoms with Gasteiger partial charge in [0.15, 0.2) is 0 Å². The maximum atomic E-state index is 12.3. The molecule has 26 heteroatoms. The van der Waals surface area contributed by atoms with E-state index in [1.807, 2.05) is 0 Å². The van der Waals surface area contributed by atoms with Gasteiger partial charge in [-0.15, -0.1) is 0 Å². The minimum absolute atomic E-state index is 0. The first-order valence-corrected chi connectivity index (χ1v) is 18.3. The van der Waals surface area contributed by atoms with Crippen molar-refractivity contribution < 1.29 is 105 Å². The van der Waals surface area contributed by atoms with Gasteiger partial charge in [0.1, 0.15) is 45.1 Å². The summed E-state index contributed by atoms with van der Waals surface area (Å²) in [5.74, 6) is -0.932. The van der Waals surface area contributed by atoms with Crippen molar-refractivity contribution in [1.82, 2.24) is 29.9 Å². The van der Waals surface area contributed by atoms with Gasteiger partial charge in [0, 0.05) is 11.4 Å². The summed E-state index contributed by atoms with van der Waals surface area (Å²) in [6.07, 6.45) is -2.77. The number of anilines is 6. The fourth-order valence-corrected chi connectivity index (χ4v) is 6.39. The Morgan fingerprint density at radius 2 is 0.926 bits per heavy atom. The zero-order valence-electron chi connectivity index (χ0n) is 29.3. The maximum absolute atomic E-state index is 12.3. The van der Waals surface area contributed by atoms with E-state index in [1.54, 1.807) is 0 Å². The molecule has 4 rings (SSSR count). The summed E-state index contributed by atoms with van der Waals surface area (Å²) in [6, 6.07) is 6.97.